The van der Waals surface area contributed by atoms with Gasteiger partial charge in [0.15, 0.2) is 0 Å². The summed E-state index contributed by atoms with van der Waals surface area (Å²) in [6.07, 6.45) is 2.16. The number of aliphatic hydroxyl groups is 1. The molecule has 162 valence electrons. The summed E-state index contributed by atoms with van der Waals surface area (Å²) in [4.78, 5) is 47.3. The highest BCUT2D eigenvalue weighted by Crippen LogP contribution is 2.07. The smallest absolute Gasteiger partial charge is 0.322 e. The summed E-state index contributed by atoms with van der Waals surface area (Å²) < 4.78 is 0. The molecule has 0 aromatic rings. The topological polar surface area (TPSA) is 197 Å². The Morgan fingerprint density at radius 3 is 2.11 bits per heavy atom. The fourth-order valence-corrected chi connectivity index (χ4v) is 2.29. The van der Waals surface area contributed by atoms with Crippen LogP contribution in [-0.2, 0) is 19.2 Å². The first kappa shape index (κ1) is 25.8. The summed E-state index contributed by atoms with van der Waals surface area (Å²) in [7, 11) is 0. The molecule has 0 spiro atoms. The maximum absolute atomic E-state index is 12.5. The molecule has 28 heavy (non-hydrogen) atoms. The Morgan fingerprint density at radius 1 is 1.00 bits per heavy atom. The monoisotopic (exact) mass is 403 g/mol. The van der Waals surface area contributed by atoms with E-state index in [9.17, 15) is 24.3 Å². The maximum atomic E-state index is 12.5. The van der Waals surface area contributed by atoms with E-state index in [1.165, 1.54) is 0 Å². The standard InChI is InChI=1S/C17H33N5O6/c1-3-10(2)14(19)17(28)21-11(6-4-5-7-18)16(27)22-12(9-23)15(26)20-8-13(24)25/h10-12,14,23H,3-9,18-19H2,1-2H3,(H,20,26)(H,21,28)(H,22,27)(H,24,25). The van der Waals surface area contributed by atoms with Gasteiger partial charge in [-0.25, -0.2) is 0 Å². The fraction of sp³-hybridized carbons (Fsp3) is 0.765. The van der Waals surface area contributed by atoms with Crippen molar-refractivity contribution in [3.05, 3.63) is 0 Å². The number of carbonyl (C=O) groups is 4. The Labute approximate surface area is 164 Å². The SMILES string of the molecule is CCC(C)C(N)C(=O)NC(CCCCN)C(=O)NC(CO)C(=O)NCC(=O)O. The summed E-state index contributed by atoms with van der Waals surface area (Å²) in [6, 6.07) is -3.10. The summed E-state index contributed by atoms with van der Waals surface area (Å²) in [6.45, 7) is 2.76. The first-order valence-corrected chi connectivity index (χ1v) is 9.34. The molecule has 0 bridgehead atoms. The third kappa shape index (κ3) is 9.62. The molecule has 3 amide bonds. The number of rotatable bonds is 14. The third-order valence-electron chi connectivity index (χ3n) is 4.37. The van der Waals surface area contributed by atoms with Crippen LogP contribution in [0.2, 0.25) is 0 Å². The Bertz CT molecular complexity index is 530. The van der Waals surface area contributed by atoms with Crippen molar-refractivity contribution in [2.75, 3.05) is 19.7 Å². The number of carboxylic acids is 1. The minimum atomic E-state index is -1.34. The highest BCUT2D eigenvalue weighted by molar-refractivity contribution is 5.93. The van der Waals surface area contributed by atoms with Crippen LogP contribution in [0, 0.1) is 5.92 Å². The van der Waals surface area contributed by atoms with Gasteiger partial charge in [-0.15, -0.1) is 0 Å². The molecule has 0 aliphatic carbocycles. The van der Waals surface area contributed by atoms with Crippen LogP contribution in [0.1, 0.15) is 39.5 Å². The van der Waals surface area contributed by atoms with E-state index < -0.39 is 55.0 Å². The van der Waals surface area contributed by atoms with Crippen molar-refractivity contribution in [3.8, 4) is 0 Å². The van der Waals surface area contributed by atoms with Gasteiger partial charge >= 0.3 is 5.97 Å². The first-order valence-electron chi connectivity index (χ1n) is 9.34. The van der Waals surface area contributed by atoms with Gasteiger partial charge < -0.3 is 37.6 Å². The summed E-state index contributed by atoms with van der Waals surface area (Å²) >= 11 is 0. The zero-order valence-corrected chi connectivity index (χ0v) is 16.4. The molecule has 0 aromatic carbocycles. The van der Waals surface area contributed by atoms with E-state index in [1.54, 1.807) is 0 Å². The molecule has 0 radical (unpaired) electrons. The molecule has 0 aliphatic heterocycles. The quantitative estimate of drug-likeness (QED) is 0.156. The van der Waals surface area contributed by atoms with Crippen molar-refractivity contribution in [2.24, 2.45) is 17.4 Å². The normalized spacial score (nSPS) is 15.0. The molecule has 11 nitrogen and oxygen atoms in total. The molecule has 0 fully saturated rings. The second kappa shape index (κ2) is 13.9. The Balaban J connectivity index is 5.05. The van der Waals surface area contributed by atoms with Crippen LogP contribution in [0.25, 0.3) is 0 Å². The van der Waals surface area contributed by atoms with Gasteiger partial charge in [0.2, 0.25) is 17.7 Å². The van der Waals surface area contributed by atoms with E-state index in [4.69, 9.17) is 16.6 Å². The predicted molar refractivity (Wildman–Crippen MR) is 102 cm³/mol. The lowest BCUT2D eigenvalue weighted by molar-refractivity contribution is -0.139. The summed E-state index contributed by atoms with van der Waals surface area (Å²) in [5.41, 5.74) is 11.4. The molecule has 0 rings (SSSR count). The molecule has 0 aliphatic rings. The minimum Gasteiger partial charge on any atom is -0.480 e. The number of hydrogen-bond donors (Lipinski definition) is 7. The molecule has 11 heteroatoms. The van der Waals surface area contributed by atoms with E-state index in [0.29, 0.717) is 25.8 Å². The van der Waals surface area contributed by atoms with Crippen LogP contribution in [0.4, 0.5) is 0 Å². The third-order valence-corrected chi connectivity index (χ3v) is 4.37. The molecular weight excluding hydrogens is 370 g/mol. The largest absolute Gasteiger partial charge is 0.480 e. The van der Waals surface area contributed by atoms with Crippen molar-refractivity contribution in [2.45, 2.75) is 57.7 Å². The molecule has 4 unspecified atom stereocenters. The van der Waals surface area contributed by atoms with E-state index in [0.717, 1.165) is 0 Å². The lowest BCUT2D eigenvalue weighted by Gasteiger charge is -2.24. The van der Waals surface area contributed by atoms with Crippen LogP contribution in [0.15, 0.2) is 0 Å². The van der Waals surface area contributed by atoms with Gasteiger partial charge in [0.25, 0.3) is 0 Å². The number of carboxylic acid groups (broad SMARTS) is 1. The number of nitrogens with one attached hydrogen (secondary N) is 3. The maximum Gasteiger partial charge on any atom is 0.322 e. The van der Waals surface area contributed by atoms with E-state index in [1.807, 2.05) is 13.8 Å². The second-order valence-corrected chi connectivity index (χ2v) is 6.61. The lowest BCUT2D eigenvalue weighted by atomic mass is 9.98. The molecule has 9 N–H and O–H groups in total. The number of aliphatic carboxylic acids is 1. The van der Waals surface area contributed by atoms with Crippen LogP contribution >= 0.6 is 0 Å². The average Bonchev–Trinajstić information content (AvgIpc) is 2.67. The van der Waals surface area contributed by atoms with Crippen LogP contribution in [-0.4, -0.2) is 71.7 Å². The number of nitrogens with two attached hydrogens (primary N) is 2. The number of carbonyl (C=O) groups excluding carboxylic acids is 3. The minimum absolute atomic E-state index is 0.0836. The average molecular weight is 403 g/mol. The van der Waals surface area contributed by atoms with E-state index >= 15 is 0 Å². The molecule has 0 aromatic heterocycles. The molecule has 0 saturated carbocycles. The molecule has 4 atom stereocenters. The summed E-state index contributed by atoms with van der Waals surface area (Å²) in [5.74, 6) is -3.35. The van der Waals surface area contributed by atoms with Gasteiger partial charge in [0.05, 0.1) is 12.6 Å². The van der Waals surface area contributed by atoms with Crippen molar-refractivity contribution < 1.29 is 29.4 Å². The van der Waals surface area contributed by atoms with E-state index in [2.05, 4.69) is 16.0 Å². The lowest BCUT2D eigenvalue weighted by Crippen LogP contribution is -2.57. The van der Waals surface area contributed by atoms with E-state index in [-0.39, 0.29) is 12.3 Å². The zero-order chi connectivity index (χ0) is 21.7. The number of amides is 3. The molecule has 0 saturated heterocycles. The van der Waals surface area contributed by atoms with Crippen molar-refractivity contribution in [3.63, 3.8) is 0 Å². The summed E-state index contributed by atoms with van der Waals surface area (Å²) in [5, 5.41) is 24.9. The van der Waals surface area contributed by atoms with Crippen molar-refractivity contribution in [1.29, 1.82) is 0 Å². The Kier molecular flexibility index (Phi) is 12.7. The van der Waals surface area contributed by atoms with Crippen LogP contribution in [0.5, 0.6) is 0 Å². The van der Waals surface area contributed by atoms with Crippen LogP contribution < -0.4 is 27.4 Å². The van der Waals surface area contributed by atoms with Gasteiger partial charge in [-0.2, -0.15) is 0 Å². The van der Waals surface area contributed by atoms with Crippen molar-refractivity contribution in [1.82, 2.24) is 16.0 Å². The first-order chi connectivity index (χ1) is 13.2. The predicted octanol–water partition coefficient (Wildman–Crippen LogP) is -2.35. The van der Waals surface area contributed by atoms with Crippen molar-refractivity contribution >= 4 is 23.7 Å². The van der Waals surface area contributed by atoms with Gasteiger partial charge in [-0.3, -0.25) is 19.2 Å². The second-order valence-electron chi connectivity index (χ2n) is 6.61. The molecular formula is C17H33N5O6. The van der Waals surface area contributed by atoms with Crippen LogP contribution in [0.3, 0.4) is 0 Å². The Morgan fingerprint density at radius 2 is 1.61 bits per heavy atom. The highest BCUT2D eigenvalue weighted by atomic mass is 16.4. The molecule has 0 heterocycles. The fourth-order valence-electron chi connectivity index (χ4n) is 2.29. The zero-order valence-electron chi connectivity index (χ0n) is 16.4. The highest BCUT2D eigenvalue weighted by Gasteiger charge is 2.28. The Hall–Kier alpha value is -2.24. The number of unbranched alkanes of at least 4 members (excludes halogenated alkanes) is 1. The number of aliphatic hydroxyl groups excluding tert-OH is 1. The van der Waals surface area contributed by atoms with Gasteiger partial charge in [0, 0.05) is 0 Å². The van der Waals surface area contributed by atoms with Gasteiger partial charge in [0.1, 0.15) is 18.6 Å². The van der Waals surface area contributed by atoms with Gasteiger partial charge in [-0.1, -0.05) is 20.3 Å². The number of hydrogen-bond acceptors (Lipinski definition) is 7. The van der Waals surface area contributed by atoms with Gasteiger partial charge in [-0.05, 0) is 31.7 Å².